The van der Waals surface area contributed by atoms with Gasteiger partial charge in [-0.25, -0.2) is 4.98 Å². The van der Waals surface area contributed by atoms with E-state index in [1.807, 2.05) is 48.5 Å². The Kier molecular flexibility index (Phi) is 5.63. The number of amides is 2. The van der Waals surface area contributed by atoms with Crippen LogP contribution in [0.1, 0.15) is 16.8 Å². The molecule has 1 aromatic heterocycles. The lowest BCUT2D eigenvalue weighted by atomic mass is 10.2. The van der Waals surface area contributed by atoms with Crippen LogP contribution in [0, 0.1) is 0 Å². The van der Waals surface area contributed by atoms with Gasteiger partial charge in [0.2, 0.25) is 5.91 Å². The van der Waals surface area contributed by atoms with E-state index in [0.29, 0.717) is 11.3 Å². The number of carbonyl (C=O) groups excluding carboxylic acids is 2. The van der Waals surface area contributed by atoms with Gasteiger partial charge in [-0.1, -0.05) is 30.3 Å². The molecule has 0 unspecified atom stereocenters. The van der Waals surface area contributed by atoms with Gasteiger partial charge in [0.25, 0.3) is 5.91 Å². The molecule has 144 valence electrons. The fourth-order valence-corrected chi connectivity index (χ4v) is 3.87. The minimum atomic E-state index is -0.182. The number of rotatable bonds is 6. The van der Waals surface area contributed by atoms with Crippen molar-refractivity contribution < 1.29 is 9.59 Å². The molecule has 0 fully saturated rings. The zero-order chi connectivity index (χ0) is 20.1. The van der Waals surface area contributed by atoms with E-state index in [0.717, 1.165) is 20.8 Å². The largest absolute Gasteiger partial charge is 0.352 e. The van der Waals surface area contributed by atoms with Crippen LogP contribution in [0.2, 0.25) is 0 Å². The number of carbonyl (C=O) groups is 2. The zero-order valence-corrected chi connectivity index (χ0v) is 16.4. The molecule has 0 atom stereocenters. The summed E-state index contributed by atoms with van der Waals surface area (Å²) >= 11 is 1.64. The maximum absolute atomic E-state index is 12.1. The Bertz CT molecular complexity index is 1100. The number of fused-ring (bicyclic) bond motifs is 1. The van der Waals surface area contributed by atoms with Crippen molar-refractivity contribution in [1.82, 2.24) is 10.3 Å². The molecule has 2 N–H and O–H groups in total. The minimum Gasteiger partial charge on any atom is -0.352 e. The molecule has 0 aliphatic heterocycles. The highest BCUT2D eigenvalue weighted by Gasteiger charge is 2.08. The predicted molar refractivity (Wildman–Crippen MR) is 117 cm³/mol. The Balaban J connectivity index is 1.30. The summed E-state index contributed by atoms with van der Waals surface area (Å²) in [6.07, 6.45) is 0.207. The van der Waals surface area contributed by atoms with E-state index in [4.69, 9.17) is 0 Å². The van der Waals surface area contributed by atoms with Crippen LogP contribution in [-0.4, -0.2) is 23.3 Å². The molecular weight excluding hydrogens is 382 g/mol. The molecule has 29 heavy (non-hydrogen) atoms. The molecule has 0 radical (unpaired) electrons. The number of anilines is 1. The SMILES string of the molecule is O=C(CCNC(=O)c1ccccc1)Nc1ccc(-c2nc3ccccc3s2)cc1. The highest BCUT2D eigenvalue weighted by molar-refractivity contribution is 7.21. The first-order valence-electron chi connectivity index (χ1n) is 9.28. The fourth-order valence-electron chi connectivity index (χ4n) is 2.90. The quantitative estimate of drug-likeness (QED) is 0.491. The van der Waals surface area contributed by atoms with Gasteiger partial charge in [0, 0.05) is 29.8 Å². The molecule has 1 heterocycles. The number of thiazole rings is 1. The van der Waals surface area contributed by atoms with Gasteiger partial charge < -0.3 is 10.6 Å². The Morgan fingerprint density at radius 3 is 2.34 bits per heavy atom. The van der Waals surface area contributed by atoms with Crippen LogP contribution in [0.15, 0.2) is 78.9 Å². The van der Waals surface area contributed by atoms with Crippen LogP contribution in [-0.2, 0) is 4.79 Å². The summed E-state index contributed by atoms with van der Waals surface area (Å²) in [7, 11) is 0. The molecule has 6 heteroatoms. The number of hydrogen-bond acceptors (Lipinski definition) is 4. The highest BCUT2D eigenvalue weighted by Crippen LogP contribution is 2.30. The van der Waals surface area contributed by atoms with Crippen LogP contribution < -0.4 is 10.6 Å². The molecule has 0 saturated heterocycles. The summed E-state index contributed by atoms with van der Waals surface area (Å²) in [5, 5.41) is 6.56. The average Bonchev–Trinajstić information content (AvgIpc) is 3.19. The van der Waals surface area contributed by atoms with Crippen molar-refractivity contribution in [2.75, 3.05) is 11.9 Å². The number of aromatic nitrogens is 1. The molecule has 4 rings (SSSR count). The van der Waals surface area contributed by atoms with Crippen molar-refractivity contribution in [2.24, 2.45) is 0 Å². The number of nitrogens with one attached hydrogen (secondary N) is 2. The fraction of sp³-hybridized carbons (Fsp3) is 0.0870. The van der Waals surface area contributed by atoms with Crippen molar-refractivity contribution in [2.45, 2.75) is 6.42 Å². The Morgan fingerprint density at radius 1 is 0.862 bits per heavy atom. The lowest BCUT2D eigenvalue weighted by Gasteiger charge is -2.07. The first-order chi connectivity index (χ1) is 14.2. The van der Waals surface area contributed by atoms with Gasteiger partial charge in [0.05, 0.1) is 10.2 Å². The second kappa shape index (κ2) is 8.67. The van der Waals surface area contributed by atoms with Gasteiger partial charge in [-0.3, -0.25) is 9.59 Å². The second-order valence-corrected chi connectivity index (χ2v) is 7.51. The summed E-state index contributed by atoms with van der Waals surface area (Å²) in [4.78, 5) is 28.8. The smallest absolute Gasteiger partial charge is 0.251 e. The topological polar surface area (TPSA) is 71.1 Å². The van der Waals surface area contributed by atoms with Crippen LogP contribution >= 0.6 is 11.3 Å². The maximum Gasteiger partial charge on any atom is 0.251 e. The third-order valence-corrected chi connectivity index (χ3v) is 5.47. The van der Waals surface area contributed by atoms with Crippen molar-refractivity contribution >= 4 is 39.1 Å². The minimum absolute atomic E-state index is 0.147. The van der Waals surface area contributed by atoms with Crippen LogP contribution in [0.3, 0.4) is 0 Å². The Labute approximate surface area is 172 Å². The van der Waals surface area contributed by atoms with Crippen LogP contribution in [0.25, 0.3) is 20.8 Å². The van der Waals surface area contributed by atoms with E-state index in [1.165, 1.54) is 0 Å². The predicted octanol–water partition coefficient (Wildman–Crippen LogP) is 4.72. The van der Waals surface area contributed by atoms with Gasteiger partial charge in [-0.2, -0.15) is 0 Å². The Hall–Kier alpha value is -3.51. The van der Waals surface area contributed by atoms with Gasteiger partial charge in [0.15, 0.2) is 0 Å². The van der Waals surface area contributed by atoms with Crippen molar-refractivity contribution in [3.63, 3.8) is 0 Å². The molecule has 4 aromatic rings. The van der Waals surface area contributed by atoms with E-state index < -0.39 is 0 Å². The van der Waals surface area contributed by atoms with Gasteiger partial charge in [-0.05, 0) is 48.5 Å². The van der Waals surface area contributed by atoms with Gasteiger partial charge in [-0.15, -0.1) is 11.3 Å². The van der Waals surface area contributed by atoms with E-state index >= 15 is 0 Å². The van der Waals surface area contributed by atoms with Crippen molar-refractivity contribution in [3.8, 4) is 10.6 Å². The average molecular weight is 401 g/mol. The third kappa shape index (κ3) is 4.67. The molecular formula is C23H19N3O2S. The lowest BCUT2D eigenvalue weighted by molar-refractivity contribution is -0.116. The number of benzene rings is 3. The van der Waals surface area contributed by atoms with Crippen LogP contribution in [0.5, 0.6) is 0 Å². The summed E-state index contributed by atoms with van der Waals surface area (Å²) < 4.78 is 1.15. The number of para-hydroxylation sites is 1. The number of nitrogens with zero attached hydrogens (tertiary/aromatic N) is 1. The summed E-state index contributed by atoms with van der Waals surface area (Å²) in [6, 6.07) is 24.6. The first kappa shape index (κ1) is 18.8. The van der Waals surface area contributed by atoms with Gasteiger partial charge in [0.1, 0.15) is 5.01 Å². The molecule has 5 nitrogen and oxygen atoms in total. The van der Waals surface area contributed by atoms with E-state index in [2.05, 4.69) is 21.7 Å². The summed E-state index contributed by atoms with van der Waals surface area (Å²) in [5.74, 6) is -0.329. The standard InChI is InChI=1S/C23H19N3O2S/c27-21(14-15-24-22(28)16-6-2-1-3-7-16)25-18-12-10-17(11-13-18)23-26-19-8-4-5-9-20(19)29-23/h1-13H,14-15H2,(H,24,28)(H,25,27). The maximum atomic E-state index is 12.1. The van der Waals surface area contributed by atoms with Crippen LogP contribution in [0.4, 0.5) is 5.69 Å². The van der Waals surface area contributed by atoms with Gasteiger partial charge >= 0.3 is 0 Å². The Morgan fingerprint density at radius 2 is 1.59 bits per heavy atom. The molecule has 3 aromatic carbocycles. The lowest BCUT2D eigenvalue weighted by Crippen LogP contribution is -2.27. The molecule has 0 aliphatic rings. The third-order valence-electron chi connectivity index (χ3n) is 4.38. The normalized spacial score (nSPS) is 10.6. The monoisotopic (exact) mass is 401 g/mol. The van der Waals surface area contributed by atoms with E-state index in [9.17, 15) is 9.59 Å². The molecule has 0 aliphatic carbocycles. The van der Waals surface area contributed by atoms with E-state index in [-0.39, 0.29) is 24.8 Å². The molecule has 0 saturated carbocycles. The van der Waals surface area contributed by atoms with Crippen molar-refractivity contribution in [1.29, 1.82) is 0 Å². The zero-order valence-electron chi connectivity index (χ0n) is 15.6. The highest BCUT2D eigenvalue weighted by atomic mass is 32.1. The van der Waals surface area contributed by atoms with E-state index in [1.54, 1.807) is 35.6 Å². The first-order valence-corrected chi connectivity index (χ1v) is 10.1. The summed E-state index contributed by atoms with van der Waals surface area (Å²) in [6.45, 7) is 0.281. The summed E-state index contributed by atoms with van der Waals surface area (Å²) in [5.41, 5.74) is 3.30. The molecule has 0 spiro atoms. The number of hydrogen-bond donors (Lipinski definition) is 2. The van der Waals surface area contributed by atoms with Crippen molar-refractivity contribution in [3.05, 3.63) is 84.4 Å². The second-order valence-electron chi connectivity index (χ2n) is 6.48. The molecule has 2 amide bonds. The molecule has 0 bridgehead atoms.